The Morgan fingerprint density at radius 2 is 1.24 bits per heavy atom. The fraction of sp³-hybridized carbons (Fsp3) is 0.262. The first-order chi connectivity index (χ1) is 22.7. The second-order valence-electron chi connectivity index (χ2n) is 12.4. The maximum absolute atomic E-state index is 4.85. The molecule has 6 aromatic rings. The van der Waals surface area contributed by atoms with Gasteiger partial charge in [0.05, 0.1) is 22.7 Å². The first-order valence-corrected chi connectivity index (χ1v) is 16.9. The number of anilines is 1. The van der Waals surface area contributed by atoms with Gasteiger partial charge in [0.2, 0.25) is 11.0 Å². The normalized spacial score (nSPS) is 12.2. The van der Waals surface area contributed by atoms with Crippen molar-refractivity contribution in [2.45, 2.75) is 64.5 Å². The third kappa shape index (κ3) is 7.51. The number of aromatic nitrogens is 2. The zero-order valence-corrected chi connectivity index (χ0v) is 27.3. The molecule has 0 saturated heterocycles. The fourth-order valence-electron chi connectivity index (χ4n) is 6.56. The van der Waals surface area contributed by atoms with Gasteiger partial charge in [0.1, 0.15) is 13.1 Å². The largest absolute Gasteiger partial charge is 0.269 e. The lowest BCUT2D eigenvalue weighted by Crippen LogP contribution is -2.38. The van der Waals surface area contributed by atoms with E-state index in [9.17, 15) is 0 Å². The van der Waals surface area contributed by atoms with Crippen LogP contribution >= 0.6 is 0 Å². The van der Waals surface area contributed by atoms with Crippen molar-refractivity contribution < 1.29 is 9.13 Å². The number of para-hydroxylation sites is 3. The predicted molar refractivity (Wildman–Crippen MR) is 192 cm³/mol. The van der Waals surface area contributed by atoms with Gasteiger partial charge in [-0.2, -0.15) is 9.67 Å². The maximum atomic E-state index is 4.85. The van der Waals surface area contributed by atoms with Crippen molar-refractivity contribution in [1.29, 1.82) is 0 Å². The Kier molecular flexibility index (Phi) is 10.5. The summed E-state index contributed by atoms with van der Waals surface area (Å²) in [6.07, 6.45) is 11.4. The molecule has 1 unspecified atom stereocenters. The van der Waals surface area contributed by atoms with Crippen molar-refractivity contribution in [3.05, 3.63) is 150 Å². The maximum Gasteiger partial charge on any atom is 0.213 e. The Labute approximate surface area is 274 Å². The summed E-state index contributed by atoms with van der Waals surface area (Å²) in [5.74, 6) is 0.566. The van der Waals surface area contributed by atoms with E-state index < -0.39 is 0 Å². The summed E-state index contributed by atoms with van der Waals surface area (Å²) in [6, 6.07) is 45.4. The molecule has 2 aromatic heterocycles. The molecule has 0 spiro atoms. The molecule has 0 amide bonds. The molecule has 0 aliphatic rings. The standard InChI is InChI=1S/C42H46N4/c1-34(35-19-7-5-8-20-35)28-29-37-23-15-18-31-45(37)30-16-3-4-17-32-46-41-26-13-11-24-38(41)40(39-25-12-14-27-42(39)46)33-43-44(2)36-21-9-6-10-22-36/h5-15,18-27,31,33-34H,3-4,16-17,28-30,32H2,1-2H3/q+2. The lowest BCUT2D eigenvalue weighted by atomic mass is 9.95. The molecule has 2 heterocycles. The highest BCUT2D eigenvalue weighted by Gasteiger charge is 2.19. The molecule has 1 atom stereocenters. The van der Waals surface area contributed by atoms with Crippen molar-refractivity contribution in [3.63, 3.8) is 0 Å². The Morgan fingerprint density at radius 3 is 1.93 bits per heavy atom. The smallest absolute Gasteiger partial charge is 0.213 e. The summed E-state index contributed by atoms with van der Waals surface area (Å²) >= 11 is 0. The number of aryl methyl sites for hydroxylation is 3. The molecule has 0 saturated carbocycles. The monoisotopic (exact) mass is 606 g/mol. The summed E-state index contributed by atoms with van der Waals surface area (Å²) in [5, 5.41) is 9.26. The number of fused-ring (bicyclic) bond motifs is 2. The van der Waals surface area contributed by atoms with Crippen molar-refractivity contribution in [1.82, 2.24) is 0 Å². The second kappa shape index (κ2) is 15.4. The van der Waals surface area contributed by atoms with Crippen LogP contribution in [0.15, 0.2) is 139 Å². The van der Waals surface area contributed by atoms with Crippen LogP contribution in [0.3, 0.4) is 0 Å². The van der Waals surface area contributed by atoms with Crippen molar-refractivity contribution in [3.8, 4) is 0 Å². The summed E-state index contributed by atoms with van der Waals surface area (Å²) in [6.45, 7) is 4.43. The molecule has 232 valence electrons. The molecule has 6 rings (SSSR count). The van der Waals surface area contributed by atoms with Crippen LogP contribution in [0.2, 0.25) is 0 Å². The van der Waals surface area contributed by atoms with Crippen LogP contribution < -0.4 is 14.1 Å². The highest BCUT2D eigenvalue weighted by molar-refractivity contribution is 6.08. The van der Waals surface area contributed by atoms with Crippen molar-refractivity contribution >= 4 is 33.7 Å². The number of nitrogens with zero attached hydrogens (tertiary/aromatic N) is 4. The molecule has 4 aromatic carbocycles. The van der Waals surface area contributed by atoms with E-state index in [0.717, 1.165) is 31.6 Å². The van der Waals surface area contributed by atoms with E-state index in [1.807, 2.05) is 36.5 Å². The van der Waals surface area contributed by atoms with Crippen LogP contribution in [0.5, 0.6) is 0 Å². The molecule has 0 aliphatic carbocycles. The SMILES string of the molecule is CC(CCc1cccc[n+]1CCCCCC[n+]1c2ccccc2c(/C=N/N(C)c2ccccc2)c2ccccc21)c1ccccc1. The quantitative estimate of drug-likeness (QED) is 0.0399. The zero-order valence-electron chi connectivity index (χ0n) is 27.3. The number of benzene rings is 4. The minimum atomic E-state index is 0.566. The molecular formula is C42H46N4+2. The summed E-state index contributed by atoms with van der Waals surface area (Å²) in [5.41, 5.74) is 7.63. The summed E-state index contributed by atoms with van der Waals surface area (Å²) in [4.78, 5) is 0. The molecule has 0 radical (unpaired) electrons. The van der Waals surface area contributed by atoms with E-state index in [4.69, 9.17) is 5.10 Å². The van der Waals surface area contributed by atoms with Gasteiger partial charge in [-0.15, -0.1) is 0 Å². The van der Waals surface area contributed by atoms with E-state index in [-0.39, 0.29) is 0 Å². The highest BCUT2D eigenvalue weighted by Crippen LogP contribution is 2.25. The molecular weight excluding hydrogens is 560 g/mol. The van der Waals surface area contributed by atoms with Gasteiger partial charge >= 0.3 is 0 Å². The lowest BCUT2D eigenvalue weighted by molar-refractivity contribution is -0.704. The third-order valence-electron chi connectivity index (χ3n) is 9.23. The van der Waals surface area contributed by atoms with Crippen LogP contribution in [0.25, 0.3) is 21.8 Å². The third-order valence-corrected chi connectivity index (χ3v) is 9.23. The number of hydrogen-bond donors (Lipinski definition) is 0. The Hall–Kier alpha value is -4.83. The summed E-state index contributed by atoms with van der Waals surface area (Å²) < 4.78 is 4.99. The molecule has 0 N–H and O–H groups in total. The second-order valence-corrected chi connectivity index (χ2v) is 12.4. The van der Waals surface area contributed by atoms with Crippen LogP contribution in [-0.4, -0.2) is 13.3 Å². The minimum absolute atomic E-state index is 0.566. The Bertz CT molecular complexity index is 1820. The molecule has 4 heteroatoms. The molecule has 46 heavy (non-hydrogen) atoms. The molecule has 0 aliphatic heterocycles. The lowest BCUT2D eigenvalue weighted by Gasteiger charge is -2.13. The van der Waals surface area contributed by atoms with Gasteiger partial charge in [0.15, 0.2) is 11.9 Å². The van der Waals surface area contributed by atoms with Gasteiger partial charge in [0, 0.05) is 56.1 Å². The van der Waals surface area contributed by atoms with Gasteiger partial charge in [0.25, 0.3) is 0 Å². The first kappa shape index (κ1) is 31.2. The Balaban J connectivity index is 1.09. The number of unbranched alkanes of at least 4 members (excludes halogenated alkanes) is 3. The average molecular weight is 607 g/mol. The topological polar surface area (TPSA) is 23.4 Å². The van der Waals surface area contributed by atoms with Gasteiger partial charge in [-0.1, -0.05) is 85.8 Å². The van der Waals surface area contributed by atoms with E-state index in [0.29, 0.717) is 5.92 Å². The predicted octanol–water partition coefficient (Wildman–Crippen LogP) is 9.04. The number of pyridine rings is 2. The Morgan fingerprint density at radius 1 is 0.652 bits per heavy atom. The van der Waals surface area contributed by atoms with Crippen molar-refractivity contribution in [2.75, 3.05) is 12.1 Å². The zero-order chi connectivity index (χ0) is 31.6. The van der Waals surface area contributed by atoms with E-state index in [2.05, 4.69) is 131 Å². The minimum Gasteiger partial charge on any atom is -0.269 e. The van der Waals surface area contributed by atoms with Gasteiger partial charge < -0.3 is 0 Å². The van der Waals surface area contributed by atoms with Crippen LogP contribution in [0.1, 0.15) is 61.8 Å². The number of hydrogen-bond acceptors (Lipinski definition) is 2. The van der Waals surface area contributed by atoms with E-state index >= 15 is 0 Å². The first-order valence-electron chi connectivity index (χ1n) is 16.9. The summed E-state index contributed by atoms with van der Waals surface area (Å²) in [7, 11) is 2.00. The van der Waals surface area contributed by atoms with Gasteiger partial charge in [-0.25, -0.2) is 4.57 Å². The molecule has 0 fully saturated rings. The van der Waals surface area contributed by atoms with E-state index in [1.165, 1.54) is 64.3 Å². The van der Waals surface area contributed by atoms with Gasteiger partial charge in [-0.05, 0) is 55.0 Å². The highest BCUT2D eigenvalue weighted by atomic mass is 15.4. The van der Waals surface area contributed by atoms with Crippen LogP contribution in [-0.2, 0) is 19.5 Å². The van der Waals surface area contributed by atoms with Gasteiger partial charge in [-0.3, -0.25) is 5.01 Å². The number of rotatable bonds is 14. The number of hydrazone groups is 1. The fourth-order valence-corrected chi connectivity index (χ4v) is 6.56. The van der Waals surface area contributed by atoms with Crippen molar-refractivity contribution in [2.24, 2.45) is 5.10 Å². The van der Waals surface area contributed by atoms with E-state index in [1.54, 1.807) is 0 Å². The average Bonchev–Trinajstić information content (AvgIpc) is 3.12. The molecule has 4 nitrogen and oxygen atoms in total. The molecule has 0 bridgehead atoms. The van der Waals surface area contributed by atoms with Crippen LogP contribution in [0, 0.1) is 0 Å². The van der Waals surface area contributed by atoms with Crippen LogP contribution in [0.4, 0.5) is 5.69 Å².